The fraction of sp³-hybridized carbons (Fsp3) is 1.00. The maximum Gasteiger partial charge on any atom is 0.0742 e. The molecule has 0 nitrogen and oxygen atoms in total. The van der Waals surface area contributed by atoms with Crippen molar-refractivity contribution in [1.82, 2.24) is 0 Å². The monoisotopic (exact) mass is 248 g/mol. The van der Waals surface area contributed by atoms with E-state index in [2.05, 4.69) is 6.92 Å². The van der Waals surface area contributed by atoms with Crippen LogP contribution >= 0.6 is 0 Å². The summed E-state index contributed by atoms with van der Waals surface area (Å²) < 4.78 is 0. The topological polar surface area (TPSA) is 0 Å². The molecule has 0 aromatic carbocycles. The summed E-state index contributed by atoms with van der Waals surface area (Å²) in [4.78, 5) is 0. The quantitative estimate of drug-likeness (QED) is 0.448. The molecule has 1 aliphatic rings. The molecule has 0 bridgehead atoms. The molecule has 0 aromatic rings. The standard InChI is InChI=1S/C17H33B/c1-17(18)15-13-11-9-7-5-3-2-4-6-8-10-12-14-16-17/h2-16H2,1H3. The van der Waals surface area contributed by atoms with Crippen molar-refractivity contribution in [2.75, 3.05) is 0 Å². The van der Waals surface area contributed by atoms with Gasteiger partial charge in [-0.05, 0) is 0 Å². The Hall–Kier alpha value is 0.0649. The largest absolute Gasteiger partial charge is 0.0742 e. The third-order valence-corrected chi connectivity index (χ3v) is 4.50. The number of rotatable bonds is 0. The molecule has 0 unspecified atom stereocenters. The second kappa shape index (κ2) is 9.93. The zero-order valence-electron chi connectivity index (χ0n) is 12.7. The Kier molecular flexibility index (Phi) is 8.89. The summed E-state index contributed by atoms with van der Waals surface area (Å²) in [6, 6.07) is 0. The van der Waals surface area contributed by atoms with E-state index in [1.54, 1.807) is 0 Å². The molecular formula is C17H33B. The van der Waals surface area contributed by atoms with Gasteiger partial charge in [-0.25, -0.2) is 0 Å². The van der Waals surface area contributed by atoms with E-state index < -0.39 is 0 Å². The van der Waals surface area contributed by atoms with Gasteiger partial charge in [-0.1, -0.05) is 109 Å². The van der Waals surface area contributed by atoms with E-state index in [9.17, 15) is 0 Å². The Morgan fingerprint density at radius 1 is 0.500 bits per heavy atom. The van der Waals surface area contributed by atoms with Crippen LogP contribution in [0, 0.1) is 0 Å². The Morgan fingerprint density at radius 2 is 0.722 bits per heavy atom. The fourth-order valence-electron chi connectivity index (χ4n) is 3.13. The van der Waals surface area contributed by atoms with Crippen molar-refractivity contribution in [3.05, 3.63) is 0 Å². The van der Waals surface area contributed by atoms with Gasteiger partial charge in [0.25, 0.3) is 0 Å². The van der Waals surface area contributed by atoms with Gasteiger partial charge in [0.05, 0.1) is 7.85 Å². The highest BCUT2D eigenvalue weighted by molar-refractivity contribution is 6.14. The first-order valence-corrected chi connectivity index (χ1v) is 8.50. The van der Waals surface area contributed by atoms with E-state index in [-0.39, 0.29) is 5.31 Å². The maximum atomic E-state index is 6.38. The third kappa shape index (κ3) is 9.06. The molecule has 0 saturated heterocycles. The predicted octanol–water partition coefficient (Wildman–Crippen LogP) is 6.20. The molecule has 104 valence electrons. The molecule has 0 N–H and O–H groups in total. The van der Waals surface area contributed by atoms with Gasteiger partial charge in [0.15, 0.2) is 0 Å². The molecule has 0 spiro atoms. The minimum atomic E-state index is 0.108. The average molecular weight is 248 g/mol. The third-order valence-electron chi connectivity index (χ3n) is 4.50. The van der Waals surface area contributed by atoms with Crippen LogP contribution in [0.4, 0.5) is 0 Å². The van der Waals surface area contributed by atoms with Gasteiger partial charge in [0, 0.05) is 0 Å². The lowest BCUT2D eigenvalue weighted by molar-refractivity contribution is 0.442. The van der Waals surface area contributed by atoms with Crippen molar-refractivity contribution >= 4 is 7.85 Å². The second-order valence-electron chi connectivity index (χ2n) is 6.75. The van der Waals surface area contributed by atoms with E-state index >= 15 is 0 Å². The maximum absolute atomic E-state index is 6.38. The minimum absolute atomic E-state index is 0.108. The molecule has 1 heteroatoms. The first kappa shape index (κ1) is 16.1. The molecule has 1 fully saturated rings. The van der Waals surface area contributed by atoms with E-state index in [0.717, 1.165) is 0 Å². The van der Waals surface area contributed by atoms with Gasteiger partial charge in [0.1, 0.15) is 0 Å². The van der Waals surface area contributed by atoms with Gasteiger partial charge in [0.2, 0.25) is 0 Å². The first-order valence-electron chi connectivity index (χ1n) is 8.50. The Balaban J connectivity index is 2.20. The Labute approximate surface area is 117 Å². The Morgan fingerprint density at radius 3 is 1.00 bits per heavy atom. The smallest absolute Gasteiger partial charge is 0.0688 e. The normalized spacial score (nSPS) is 25.6. The van der Waals surface area contributed by atoms with Crippen molar-refractivity contribution in [2.45, 2.75) is 109 Å². The summed E-state index contributed by atoms with van der Waals surface area (Å²) in [5.41, 5.74) is 0. The van der Waals surface area contributed by atoms with Crippen molar-refractivity contribution in [1.29, 1.82) is 0 Å². The van der Waals surface area contributed by atoms with Crippen LogP contribution in [0.1, 0.15) is 103 Å². The summed E-state index contributed by atoms with van der Waals surface area (Å²) in [7, 11) is 6.38. The molecule has 1 saturated carbocycles. The molecule has 0 aromatic heterocycles. The van der Waals surface area contributed by atoms with Crippen LogP contribution in [0.25, 0.3) is 0 Å². The average Bonchev–Trinajstić information content (AvgIpc) is 2.32. The molecule has 18 heavy (non-hydrogen) atoms. The lowest BCUT2D eigenvalue weighted by atomic mass is 9.64. The molecule has 0 atom stereocenters. The SMILES string of the molecule is [B]C1(C)CCCCCCCCCCCCCCC1. The fourth-order valence-corrected chi connectivity index (χ4v) is 3.13. The second-order valence-corrected chi connectivity index (χ2v) is 6.75. The molecule has 1 rings (SSSR count). The summed E-state index contributed by atoms with van der Waals surface area (Å²) in [6.45, 7) is 2.26. The highest BCUT2D eigenvalue weighted by atomic mass is 14.2. The highest BCUT2D eigenvalue weighted by Crippen LogP contribution is 2.34. The van der Waals surface area contributed by atoms with Crippen LogP contribution in [0.5, 0.6) is 0 Å². The van der Waals surface area contributed by atoms with E-state index in [1.807, 2.05) is 0 Å². The van der Waals surface area contributed by atoms with Gasteiger partial charge in [-0.2, -0.15) is 0 Å². The van der Waals surface area contributed by atoms with Gasteiger partial charge >= 0.3 is 0 Å². The predicted molar refractivity (Wildman–Crippen MR) is 83.4 cm³/mol. The molecule has 1 aliphatic carbocycles. The van der Waals surface area contributed by atoms with Crippen molar-refractivity contribution in [2.24, 2.45) is 0 Å². The van der Waals surface area contributed by atoms with Gasteiger partial charge in [-0.15, -0.1) is 0 Å². The molecule has 0 aliphatic heterocycles. The van der Waals surface area contributed by atoms with Crippen molar-refractivity contribution < 1.29 is 0 Å². The van der Waals surface area contributed by atoms with Crippen LogP contribution in [0.3, 0.4) is 0 Å². The summed E-state index contributed by atoms with van der Waals surface area (Å²) in [6.07, 6.45) is 21.0. The summed E-state index contributed by atoms with van der Waals surface area (Å²) >= 11 is 0. The van der Waals surface area contributed by atoms with E-state index in [0.29, 0.717) is 0 Å². The van der Waals surface area contributed by atoms with Crippen molar-refractivity contribution in [3.8, 4) is 0 Å². The zero-order valence-corrected chi connectivity index (χ0v) is 12.7. The first-order chi connectivity index (χ1) is 8.71. The van der Waals surface area contributed by atoms with Crippen LogP contribution in [0.2, 0.25) is 5.31 Å². The molecular weight excluding hydrogens is 215 g/mol. The molecule has 0 heterocycles. The molecule has 0 amide bonds. The van der Waals surface area contributed by atoms with Crippen LogP contribution in [-0.2, 0) is 0 Å². The molecule has 2 radical (unpaired) electrons. The van der Waals surface area contributed by atoms with Crippen molar-refractivity contribution in [3.63, 3.8) is 0 Å². The van der Waals surface area contributed by atoms with Crippen LogP contribution in [-0.4, -0.2) is 7.85 Å². The van der Waals surface area contributed by atoms with Gasteiger partial charge < -0.3 is 0 Å². The van der Waals surface area contributed by atoms with Gasteiger partial charge in [-0.3, -0.25) is 0 Å². The van der Waals surface area contributed by atoms with Crippen LogP contribution in [0.15, 0.2) is 0 Å². The number of hydrogen-bond donors (Lipinski definition) is 0. The lowest BCUT2D eigenvalue weighted by Crippen LogP contribution is -2.08. The number of hydrogen-bond acceptors (Lipinski definition) is 0. The highest BCUT2D eigenvalue weighted by Gasteiger charge is 2.15. The summed E-state index contributed by atoms with van der Waals surface area (Å²) in [5, 5.41) is 0.108. The Bertz CT molecular complexity index is 168. The minimum Gasteiger partial charge on any atom is -0.0688 e. The summed E-state index contributed by atoms with van der Waals surface area (Å²) in [5.74, 6) is 0. The van der Waals surface area contributed by atoms with Crippen LogP contribution < -0.4 is 0 Å². The zero-order chi connectivity index (χ0) is 13.1. The van der Waals surface area contributed by atoms with E-state index in [1.165, 1.54) is 96.3 Å². The lowest BCUT2D eigenvalue weighted by Gasteiger charge is -2.25. The van der Waals surface area contributed by atoms with E-state index in [4.69, 9.17) is 7.85 Å².